The summed E-state index contributed by atoms with van der Waals surface area (Å²) in [6.07, 6.45) is 0. The van der Waals surface area contributed by atoms with Gasteiger partial charge in [0.15, 0.2) is 0 Å². The Labute approximate surface area is 143 Å². The summed E-state index contributed by atoms with van der Waals surface area (Å²) in [4.78, 5) is 22.5. The molecule has 0 fully saturated rings. The Morgan fingerprint density at radius 1 is 0.800 bits per heavy atom. The molecule has 25 heavy (non-hydrogen) atoms. The van der Waals surface area contributed by atoms with Gasteiger partial charge in [-0.15, -0.1) is 0 Å². The van der Waals surface area contributed by atoms with Gasteiger partial charge in [-0.3, -0.25) is 10.1 Å². The van der Waals surface area contributed by atoms with E-state index in [1.807, 2.05) is 18.2 Å². The van der Waals surface area contributed by atoms with E-state index in [0.717, 1.165) is 0 Å². The minimum atomic E-state index is -0.611. The molecule has 124 valence electrons. The van der Waals surface area contributed by atoms with Crippen LogP contribution in [0.1, 0.15) is 10.4 Å². The first-order valence-corrected chi connectivity index (χ1v) is 7.42. The second-order valence-electron chi connectivity index (χ2n) is 5.05. The molecule has 0 aromatic heterocycles. The summed E-state index contributed by atoms with van der Waals surface area (Å²) in [6.45, 7) is 0. The maximum atomic E-state index is 12.4. The summed E-state index contributed by atoms with van der Waals surface area (Å²) in [5.41, 5.74) is 0.178. The molecule has 0 aliphatic rings. The van der Waals surface area contributed by atoms with Gasteiger partial charge < -0.3 is 9.47 Å². The fraction of sp³-hybridized carbons (Fsp3) is 0. The van der Waals surface area contributed by atoms with Crippen LogP contribution in [0.25, 0.3) is 0 Å². The van der Waals surface area contributed by atoms with E-state index in [1.165, 1.54) is 24.3 Å². The number of nitrogens with zero attached hydrogens (tertiary/aromatic N) is 1. The molecule has 0 atom stereocenters. The number of nitro benzene ring substituents is 1. The van der Waals surface area contributed by atoms with Gasteiger partial charge in [0, 0.05) is 12.1 Å². The molecule has 0 unspecified atom stereocenters. The summed E-state index contributed by atoms with van der Waals surface area (Å²) in [6, 6.07) is 21.1. The van der Waals surface area contributed by atoms with Crippen molar-refractivity contribution in [1.29, 1.82) is 0 Å². The Morgan fingerprint density at radius 3 is 2.12 bits per heavy atom. The Hall–Kier alpha value is -3.67. The van der Waals surface area contributed by atoms with Gasteiger partial charge in [0.05, 0.1) is 4.92 Å². The van der Waals surface area contributed by atoms with Crippen LogP contribution < -0.4 is 9.47 Å². The zero-order chi connectivity index (χ0) is 17.6. The van der Waals surface area contributed by atoms with E-state index in [1.54, 1.807) is 36.4 Å². The molecular weight excluding hydrogens is 322 g/mol. The van der Waals surface area contributed by atoms with Gasteiger partial charge in [0.1, 0.15) is 22.8 Å². The quantitative estimate of drug-likeness (QED) is 0.294. The average molecular weight is 335 g/mol. The van der Waals surface area contributed by atoms with Gasteiger partial charge >= 0.3 is 5.97 Å². The van der Waals surface area contributed by atoms with Gasteiger partial charge in [0.2, 0.25) is 0 Å². The molecule has 3 rings (SSSR count). The predicted molar refractivity (Wildman–Crippen MR) is 91.0 cm³/mol. The summed E-state index contributed by atoms with van der Waals surface area (Å²) in [5, 5.41) is 10.7. The number of non-ortho nitro benzene ring substituents is 1. The molecule has 0 radical (unpaired) electrons. The number of ether oxygens (including phenoxy) is 2. The molecule has 0 saturated heterocycles. The third-order valence-electron chi connectivity index (χ3n) is 3.34. The summed E-state index contributed by atoms with van der Waals surface area (Å²) in [7, 11) is 0. The lowest BCUT2D eigenvalue weighted by molar-refractivity contribution is -0.384. The normalized spacial score (nSPS) is 10.1. The van der Waals surface area contributed by atoms with Crippen molar-refractivity contribution >= 4 is 11.7 Å². The third kappa shape index (κ3) is 4.00. The van der Waals surface area contributed by atoms with E-state index in [4.69, 9.17) is 9.47 Å². The van der Waals surface area contributed by atoms with Crippen molar-refractivity contribution in [2.24, 2.45) is 0 Å². The van der Waals surface area contributed by atoms with Crippen LogP contribution >= 0.6 is 0 Å². The highest BCUT2D eigenvalue weighted by molar-refractivity contribution is 5.94. The van der Waals surface area contributed by atoms with Crippen LogP contribution in [-0.2, 0) is 0 Å². The van der Waals surface area contributed by atoms with Gasteiger partial charge in [-0.1, -0.05) is 30.3 Å². The van der Waals surface area contributed by atoms with Crippen LogP contribution in [0.2, 0.25) is 0 Å². The van der Waals surface area contributed by atoms with Crippen molar-refractivity contribution in [3.63, 3.8) is 0 Å². The van der Waals surface area contributed by atoms with E-state index in [-0.39, 0.29) is 17.0 Å². The number of rotatable bonds is 5. The predicted octanol–water partition coefficient (Wildman–Crippen LogP) is 4.61. The molecule has 3 aromatic carbocycles. The van der Waals surface area contributed by atoms with Crippen molar-refractivity contribution in [3.05, 3.63) is 94.5 Å². The zero-order valence-corrected chi connectivity index (χ0v) is 13.0. The van der Waals surface area contributed by atoms with Gasteiger partial charge in [-0.2, -0.15) is 0 Å². The van der Waals surface area contributed by atoms with E-state index in [0.29, 0.717) is 11.5 Å². The SMILES string of the molecule is O=C(Oc1ccc([N+](=O)[O-])cc1)c1ccccc1Oc1ccccc1. The number of carbonyl (C=O) groups is 1. The van der Waals surface area contributed by atoms with Crippen LogP contribution in [0.3, 0.4) is 0 Å². The largest absolute Gasteiger partial charge is 0.456 e. The van der Waals surface area contributed by atoms with Crippen molar-refractivity contribution < 1.29 is 19.2 Å². The van der Waals surface area contributed by atoms with Gasteiger partial charge in [-0.25, -0.2) is 4.79 Å². The zero-order valence-electron chi connectivity index (χ0n) is 13.0. The molecule has 0 N–H and O–H groups in total. The lowest BCUT2D eigenvalue weighted by Gasteiger charge is -2.10. The molecule has 0 saturated carbocycles. The molecule has 0 heterocycles. The Bertz CT molecular complexity index is 891. The number of para-hydroxylation sites is 2. The Kier molecular flexibility index (Phi) is 4.71. The molecule has 3 aromatic rings. The number of hydrogen-bond donors (Lipinski definition) is 0. The standard InChI is InChI=1S/C19H13NO5/c21-19(25-16-12-10-14(11-13-16)20(22)23)17-8-4-5-9-18(17)24-15-6-2-1-3-7-15/h1-13H. The first kappa shape index (κ1) is 16.2. The highest BCUT2D eigenvalue weighted by atomic mass is 16.6. The number of benzene rings is 3. The number of esters is 1. The number of nitro groups is 1. The minimum Gasteiger partial charge on any atom is -0.456 e. The van der Waals surface area contributed by atoms with E-state index in [9.17, 15) is 14.9 Å². The summed E-state index contributed by atoms with van der Waals surface area (Å²) in [5.74, 6) is 0.559. The van der Waals surface area contributed by atoms with Crippen LogP contribution in [-0.4, -0.2) is 10.9 Å². The monoisotopic (exact) mass is 335 g/mol. The second-order valence-corrected chi connectivity index (χ2v) is 5.05. The lowest BCUT2D eigenvalue weighted by atomic mass is 10.2. The topological polar surface area (TPSA) is 78.7 Å². The third-order valence-corrected chi connectivity index (χ3v) is 3.34. The molecular formula is C19H13NO5. The minimum absolute atomic E-state index is 0.0763. The van der Waals surface area contributed by atoms with Crippen LogP contribution in [0, 0.1) is 10.1 Å². The van der Waals surface area contributed by atoms with Crippen LogP contribution in [0.4, 0.5) is 5.69 Å². The average Bonchev–Trinajstić information content (AvgIpc) is 2.63. The van der Waals surface area contributed by atoms with E-state index < -0.39 is 10.9 Å². The molecule has 6 heteroatoms. The van der Waals surface area contributed by atoms with E-state index in [2.05, 4.69) is 0 Å². The molecule has 0 aliphatic carbocycles. The fourth-order valence-corrected chi connectivity index (χ4v) is 2.14. The fourth-order valence-electron chi connectivity index (χ4n) is 2.14. The van der Waals surface area contributed by atoms with Crippen molar-refractivity contribution in [1.82, 2.24) is 0 Å². The van der Waals surface area contributed by atoms with E-state index >= 15 is 0 Å². The smallest absolute Gasteiger partial charge is 0.347 e. The maximum absolute atomic E-state index is 12.4. The number of carbonyl (C=O) groups excluding carboxylic acids is 1. The summed E-state index contributed by atoms with van der Waals surface area (Å²) >= 11 is 0. The van der Waals surface area contributed by atoms with Gasteiger partial charge in [-0.05, 0) is 36.4 Å². The molecule has 0 spiro atoms. The molecule has 0 bridgehead atoms. The molecule has 0 aliphatic heterocycles. The molecule has 6 nitrogen and oxygen atoms in total. The van der Waals surface area contributed by atoms with Gasteiger partial charge in [0.25, 0.3) is 5.69 Å². The first-order chi connectivity index (χ1) is 12.1. The van der Waals surface area contributed by atoms with Crippen LogP contribution in [0.5, 0.6) is 17.2 Å². The van der Waals surface area contributed by atoms with Crippen molar-refractivity contribution in [2.75, 3.05) is 0 Å². The van der Waals surface area contributed by atoms with Crippen LogP contribution in [0.15, 0.2) is 78.9 Å². The highest BCUT2D eigenvalue weighted by Gasteiger charge is 2.16. The van der Waals surface area contributed by atoms with Crippen molar-refractivity contribution in [2.45, 2.75) is 0 Å². The maximum Gasteiger partial charge on any atom is 0.347 e. The second kappa shape index (κ2) is 7.27. The Balaban J connectivity index is 1.79. The Morgan fingerprint density at radius 2 is 1.44 bits per heavy atom. The first-order valence-electron chi connectivity index (χ1n) is 7.42. The number of hydrogen-bond acceptors (Lipinski definition) is 5. The molecule has 0 amide bonds. The highest BCUT2D eigenvalue weighted by Crippen LogP contribution is 2.26. The summed E-state index contributed by atoms with van der Waals surface area (Å²) < 4.78 is 11.0. The van der Waals surface area contributed by atoms with Crippen molar-refractivity contribution in [3.8, 4) is 17.2 Å². The lowest BCUT2D eigenvalue weighted by Crippen LogP contribution is -2.09.